The molecule has 1 heterocycles. The summed E-state index contributed by atoms with van der Waals surface area (Å²) in [4.78, 5) is 29.2. The molecule has 6 nitrogen and oxygen atoms in total. The number of aryl methyl sites for hydroxylation is 2. The minimum Gasteiger partial charge on any atom is -0.494 e. The molecule has 0 saturated heterocycles. The van der Waals surface area contributed by atoms with Gasteiger partial charge in [0, 0.05) is 24.5 Å². The number of hydrogen-bond donors (Lipinski definition) is 2. The van der Waals surface area contributed by atoms with Gasteiger partial charge in [0.2, 0.25) is 0 Å². The lowest BCUT2D eigenvalue weighted by Gasteiger charge is -2.14. The maximum atomic E-state index is 12.7. The molecule has 0 aliphatic rings. The molecule has 0 bridgehead atoms. The van der Waals surface area contributed by atoms with Gasteiger partial charge in [0.05, 0.1) is 17.9 Å². The molecule has 2 N–H and O–H groups in total. The van der Waals surface area contributed by atoms with Crippen LogP contribution in [0.25, 0.3) is 0 Å². The van der Waals surface area contributed by atoms with Crippen molar-refractivity contribution in [3.63, 3.8) is 0 Å². The highest BCUT2D eigenvalue weighted by Crippen LogP contribution is 2.21. The second-order valence-electron chi connectivity index (χ2n) is 7.31. The van der Waals surface area contributed by atoms with Gasteiger partial charge in [-0.1, -0.05) is 29.8 Å². The molecule has 6 heteroatoms. The first-order chi connectivity index (χ1) is 15.0. The minimum atomic E-state index is -0.279. The van der Waals surface area contributed by atoms with Gasteiger partial charge in [0.1, 0.15) is 5.75 Å². The Morgan fingerprint density at radius 2 is 1.65 bits per heavy atom. The van der Waals surface area contributed by atoms with Crippen LogP contribution in [0.1, 0.15) is 44.7 Å². The van der Waals surface area contributed by atoms with Crippen molar-refractivity contribution in [1.82, 2.24) is 10.3 Å². The SMILES string of the molecule is Cc1ccc(OCCCCNC(=O)c2cccc(C)c2NC(=O)c2ccncc2)cc1. The normalized spacial score (nSPS) is 10.4. The number of unbranched alkanes of at least 4 members (excludes halogenated alkanes) is 1. The molecule has 160 valence electrons. The third-order valence-corrected chi connectivity index (χ3v) is 4.84. The monoisotopic (exact) mass is 417 g/mol. The predicted molar refractivity (Wildman–Crippen MR) is 122 cm³/mol. The van der Waals surface area contributed by atoms with Crippen molar-refractivity contribution in [3.05, 3.63) is 89.2 Å². The topological polar surface area (TPSA) is 80.3 Å². The summed E-state index contributed by atoms with van der Waals surface area (Å²) in [6.45, 7) is 5.02. The summed E-state index contributed by atoms with van der Waals surface area (Å²) in [6.07, 6.45) is 4.74. The summed E-state index contributed by atoms with van der Waals surface area (Å²) >= 11 is 0. The van der Waals surface area contributed by atoms with Gasteiger partial charge < -0.3 is 15.4 Å². The van der Waals surface area contributed by atoms with Gasteiger partial charge in [-0.3, -0.25) is 14.6 Å². The number of nitrogens with zero attached hydrogens (tertiary/aromatic N) is 1. The summed E-state index contributed by atoms with van der Waals surface area (Å²) in [5, 5.41) is 5.79. The average Bonchev–Trinajstić information content (AvgIpc) is 2.79. The molecule has 0 aliphatic heterocycles. The van der Waals surface area contributed by atoms with E-state index in [1.54, 1.807) is 30.6 Å². The molecule has 0 unspecified atom stereocenters. The van der Waals surface area contributed by atoms with E-state index in [4.69, 9.17) is 4.74 Å². The molecule has 0 aliphatic carbocycles. The van der Waals surface area contributed by atoms with Crippen LogP contribution in [-0.2, 0) is 0 Å². The fraction of sp³-hybridized carbons (Fsp3) is 0.240. The zero-order chi connectivity index (χ0) is 22.1. The number of ether oxygens (including phenoxy) is 1. The number of benzene rings is 2. The molecule has 31 heavy (non-hydrogen) atoms. The van der Waals surface area contributed by atoms with Crippen LogP contribution in [-0.4, -0.2) is 29.9 Å². The molecule has 3 rings (SSSR count). The smallest absolute Gasteiger partial charge is 0.255 e. The summed E-state index contributed by atoms with van der Waals surface area (Å²) < 4.78 is 5.71. The lowest BCUT2D eigenvalue weighted by Crippen LogP contribution is -2.26. The van der Waals surface area contributed by atoms with Crippen LogP contribution < -0.4 is 15.4 Å². The van der Waals surface area contributed by atoms with E-state index in [0.29, 0.717) is 30.0 Å². The number of hydrogen-bond acceptors (Lipinski definition) is 4. The summed E-state index contributed by atoms with van der Waals surface area (Å²) in [5.41, 5.74) is 3.46. The number of rotatable bonds is 9. The first-order valence-electron chi connectivity index (χ1n) is 10.3. The fourth-order valence-corrected chi connectivity index (χ4v) is 3.06. The van der Waals surface area contributed by atoms with Gasteiger partial charge in [0.15, 0.2) is 0 Å². The van der Waals surface area contributed by atoms with E-state index >= 15 is 0 Å². The first kappa shape index (κ1) is 22.0. The molecule has 0 spiro atoms. The van der Waals surface area contributed by atoms with Crippen LogP contribution in [0.3, 0.4) is 0 Å². The first-order valence-corrected chi connectivity index (χ1v) is 10.3. The van der Waals surface area contributed by atoms with Gasteiger partial charge in [-0.15, -0.1) is 0 Å². The standard InChI is InChI=1S/C25H27N3O3/c1-18-8-10-21(11-9-18)31-17-4-3-14-27-25(30)22-7-5-6-19(2)23(22)28-24(29)20-12-15-26-16-13-20/h5-13,15-16H,3-4,14,17H2,1-2H3,(H,27,30)(H,28,29). The number of pyridine rings is 1. The van der Waals surface area contributed by atoms with Crippen LogP contribution in [0, 0.1) is 13.8 Å². The Morgan fingerprint density at radius 3 is 2.39 bits per heavy atom. The maximum absolute atomic E-state index is 12.7. The molecule has 1 aromatic heterocycles. The Balaban J connectivity index is 1.50. The number of para-hydroxylation sites is 1. The van der Waals surface area contributed by atoms with Crippen molar-refractivity contribution in [2.45, 2.75) is 26.7 Å². The lowest BCUT2D eigenvalue weighted by molar-refractivity contribution is 0.0953. The van der Waals surface area contributed by atoms with Crippen LogP contribution in [0.15, 0.2) is 67.0 Å². The number of carbonyl (C=O) groups excluding carboxylic acids is 2. The highest BCUT2D eigenvalue weighted by Gasteiger charge is 2.16. The summed E-state index contributed by atoms with van der Waals surface area (Å²) in [7, 11) is 0. The second kappa shape index (κ2) is 10.9. The third-order valence-electron chi connectivity index (χ3n) is 4.84. The van der Waals surface area contributed by atoms with Crippen molar-refractivity contribution >= 4 is 17.5 Å². The molecular weight excluding hydrogens is 390 g/mol. The van der Waals surface area contributed by atoms with Gasteiger partial charge in [-0.05, 0) is 62.6 Å². The van der Waals surface area contributed by atoms with Gasteiger partial charge in [-0.25, -0.2) is 0 Å². The number of aromatic nitrogens is 1. The summed E-state index contributed by atoms with van der Waals surface area (Å²) in [6, 6.07) is 16.6. The van der Waals surface area contributed by atoms with E-state index in [1.165, 1.54) is 5.56 Å². The van der Waals surface area contributed by atoms with Crippen LogP contribution in [0.5, 0.6) is 5.75 Å². The maximum Gasteiger partial charge on any atom is 0.255 e. The zero-order valence-electron chi connectivity index (χ0n) is 17.9. The molecule has 2 amide bonds. The Bertz CT molecular complexity index is 1020. The Labute approximate surface area is 182 Å². The quantitative estimate of drug-likeness (QED) is 0.501. The van der Waals surface area contributed by atoms with E-state index in [1.807, 2.05) is 50.2 Å². The van der Waals surface area contributed by atoms with E-state index in [-0.39, 0.29) is 11.8 Å². The number of carbonyl (C=O) groups is 2. The van der Waals surface area contributed by atoms with Gasteiger partial charge >= 0.3 is 0 Å². The highest BCUT2D eigenvalue weighted by molar-refractivity contribution is 6.09. The van der Waals surface area contributed by atoms with Crippen molar-refractivity contribution in [2.75, 3.05) is 18.5 Å². The second-order valence-corrected chi connectivity index (χ2v) is 7.31. The molecule has 3 aromatic rings. The molecule has 0 saturated carbocycles. The van der Waals surface area contributed by atoms with Crippen LogP contribution >= 0.6 is 0 Å². The fourth-order valence-electron chi connectivity index (χ4n) is 3.06. The Morgan fingerprint density at radius 1 is 0.903 bits per heavy atom. The third kappa shape index (κ3) is 6.40. The van der Waals surface area contributed by atoms with E-state index in [2.05, 4.69) is 15.6 Å². The molecular formula is C25H27N3O3. The predicted octanol–water partition coefficient (Wildman–Crippen LogP) is 4.54. The van der Waals surface area contributed by atoms with Crippen LogP contribution in [0.4, 0.5) is 5.69 Å². The van der Waals surface area contributed by atoms with Gasteiger partial charge in [-0.2, -0.15) is 0 Å². The van der Waals surface area contributed by atoms with Gasteiger partial charge in [0.25, 0.3) is 11.8 Å². The number of amides is 2. The molecule has 0 atom stereocenters. The van der Waals surface area contributed by atoms with E-state index in [9.17, 15) is 9.59 Å². The number of anilines is 1. The highest BCUT2D eigenvalue weighted by atomic mass is 16.5. The van der Waals surface area contributed by atoms with Crippen LogP contribution in [0.2, 0.25) is 0 Å². The zero-order valence-corrected chi connectivity index (χ0v) is 17.9. The lowest BCUT2D eigenvalue weighted by atomic mass is 10.1. The Hall–Kier alpha value is -3.67. The Kier molecular flexibility index (Phi) is 7.76. The average molecular weight is 418 g/mol. The molecule has 0 fully saturated rings. The largest absolute Gasteiger partial charge is 0.494 e. The minimum absolute atomic E-state index is 0.215. The van der Waals surface area contributed by atoms with Crippen molar-refractivity contribution in [3.8, 4) is 5.75 Å². The van der Waals surface area contributed by atoms with Crippen molar-refractivity contribution in [1.29, 1.82) is 0 Å². The molecule has 0 radical (unpaired) electrons. The van der Waals surface area contributed by atoms with E-state index in [0.717, 1.165) is 24.2 Å². The van der Waals surface area contributed by atoms with Crippen molar-refractivity contribution < 1.29 is 14.3 Å². The molecule has 2 aromatic carbocycles. The number of nitrogens with one attached hydrogen (secondary N) is 2. The van der Waals surface area contributed by atoms with Crippen molar-refractivity contribution in [2.24, 2.45) is 0 Å². The van der Waals surface area contributed by atoms with E-state index < -0.39 is 0 Å². The summed E-state index contributed by atoms with van der Waals surface area (Å²) in [5.74, 6) is 0.358.